The molecule has 0 saturated carbocycles. The first-order valence-corrected chi connectivity index (χ1v) is 9.67. The third-order valence-electron chi connectivity index (χ3n) is 5.14. The molecule has 4 rings (SSSR count). The van der Waals surface area contributed by atoms with Crippen LogP contribution in [0.3, 0.4) is 0 Å². The van der Waals surface area contributed by atoms with Crippen LogP contribution in [0.15, 0.2) is 65.7 Å². The number of esters is 1. The molecule has 5 nitrogen and oxygen atoms in total. The van der Waals surface area contributed by atoms with E-state index in [-0.39, 0.29) is 17.4 Å². The van der Waals surface area contributed by atoms with Crippen LogP contribution >= 0.6 is 0 Å². The zero-order valence-corrected chi connectivity index (χ0v) is 16.2. The van der Waals surface area contributed by atoms with Crippen LogP contribution in [0.5, 0.6) is 0 Å². The number of hydrogen-bond donors (Lipinski definition) is 0. The average Bonchev–Trinajstić information content (AvgIpc) is 2.96. The molecule has 0 aromatic heterocycles. The SMILES string of the molecule is CC1(C)COC(=O)[C@@H]1O[C@@H]1C[C@@H](Cc2ccccc2)N=C(c2ccccc2)O1. The smallest absolute Gasteiger partial charge is 0.336 e. The number of carbonyl (C=O) groups excluding carboxylic acids is 1. The molecular weight excluding hydrogens is 354 g/mol. The van der Waals surface area contributed by atoms with Crippen LogP contribution in [0, 0.1) is 5.41 Å². The highest BCUT2D eigenvalue weighted by Crippen LogP contribution is 2.33. The van der Waals surface area contributed by atoms with Gasteiger partial charge >= 0.3 is 5.97 Å². The van der Waals surface area contributed by atoms with Crippen LogP contribution in [-0.4, -0.2) is 36.9 Å². The second-order valence-corrected chi connectivity index (χ2v) is 8.04. The van der Waals surface area contributed by atoms with Crippen molar-refractivity contribution in [3.63, 3.8) is 0 Å². The molecule has 2 aliphatic rings. The molecule has 0 unspecified atom stereocenters. The lowest BCUT2D eigenvalue weighted by atomic mass is 9.89. The van der Waals surface area contributed by atoms with Gasteiger partial charge in [-0.3, -0.25) is 0 Å². The highest BCUT2D eigenvalue weighted by molar-refractivity contribution is 5.94. The van der Waals surface area contributed by atoms with Crippen molar-refractivity contribution in [1.29, 1.82) is 0 Å². The van der Waals surface area contributed by atoms with Gasteiger partial charge in [-0.1, -0.05) is 62.4 Å². The minimum absolute atomic E-state index is 0.0110. The second-order valence-electron chi connectivity index (χ2n) is 8.04. The van der Waals surface area contributed by atoms with Gasteiger partial charge in [0.2, 0.25) is 12.2 Å². The fraction of sp³-hybridized carbons (Fsp3) is 0.391. The molecule has 28 heavy (non-hydrogen) atoms. The van der Waals surface area contributed by atoms with Crippen molar-refractivity contribution in [2.24, 2.45) is 10.4 Å². The fourth-order valence-corrected chi connectivity index (χ4v) is 3.58. The molecule has 2 aliphatic heterocycles. The molecule has 0 bridgehead atoms. The molecule has 0 amide bonds. The summed E-state index contributed by atoms with van der Waals surface area (Å²) < 4.78 is 17.4. The standard InChI is InChI=1S/C23H25NO4/c1-23(2)15-26-22(25)20(23)27-19-14-18(13-16-9-5-3-6-10-16)24-21(28-19)17-11-7-4-8-12-17/h3-12,18-20H,13-15H2,1-2H3/t18-,19+,20+/m1/s1. The molecule has 3 atom stereocenters. The molecule has 2 aromatic carbocycles. The number of ether oxygens (including phenoxy) is 3. The highest BCUT2D eigenvalue weighted by atomic mass is 16.7. The predicted molar refractivity (Wildman–Crippen MR) is 106 cm³/mol. The number of nitrogens with zero attached hydrogens (tertiary/aromatic N) is 1. The topological polar surface area (TPSA) is 57.1 Å². The first-order chi connectivity index (χ1) is 13.5. The maximum absolute atomic E-state index is 12.2. The first-order valence-electron chi connectivity index (χ1n) is 9.67. The highest BCUT2D eigenvalue weighted by Gasteiger charge is 2.46. The largest absolute Gasteiger partial charge is 0.463 e. The van der Waals surface area contributed by atoms with E-state index in [1.54, 1.807) is 0 Å². The molecule has 1 saturated heterocycles. The van der Waals surface area contributed by atoms with Crippen LogP contribution in [0.1, 0.15) is 31.4 Å². The Morgan fingerprint density at radius 2 is 1.75 bits per heavy atom. The Morgan fingerprint density at radius 1 is 1.07 bits per heavy atom. The zero-order valence-electron chi connectivity index (χ0n) is 16.2. The minimum atomic E-state index is -0.634. The van der Waals surface area contributed by atoms with E-state index in [1.165, 1.54) is 5.56 Å². The van der Waals surface area contributed by atoms with E-state index in [1.807, 2.05) is 62.4 Å². The lowest BCUT2D eigenvalue weighted by Gasteiger charge is -2.32. The van der Waals surface area contributed by atoms with E-state index < -0.39 is 12.4 Å². The van der Waals surface area contributed by atoms with Crippen molar-refractivity contribution < 1.29 is 19.0 Å². The molecule has 146 valence electrons. The summed E-state index contributed by atoms with van der Waals surface area (Å²) >= 11 is 0. The van der Waals surface area contributed by atoms with Crippen LogP contribution < -0.4 is 0 Å². The molecule has 2 heterocycles. The number of benzene rings is 2. The molecular formula is C23H25NO4. The Bertz CT molecular complexity index is 847. The summed E-state index contributed by atoms with van der Waals surface area (Å²) in [5, 5.41) is 0. The van der Waals surface area contributed by atoms with Gasteiger partial charge in [-0.2, -0.15) is 0 Å². The van der Waals surface area contributed by atoms with Crippen molar-refractivity contribution in [3.05, 3.63) is 71.8 Å². The van der Waals surface area contributed by atoms with Gasteiger partial charge in [0.05, 0.1) is 12.6 Å². The summed E-state index contributed by atoms with van der Waals surface area (Å²) in [7, 11) is 0. The molecule has 0 N–H and O–H groups in total. The van der Waals surface area contributed by atoms with Crippen molar-refractivity contribution >= 4 is 11.9 Å². The molecule has 0 radical (unpaired) electrons. The Morgan fingerprint density at radius 3 is 2.39 bits per heavy atom. The van der Waals surface area contributed by atoms with Gasteiger partial charge in [0.25, 0.3) is 0 Å². The Kier molecular flexibility index (Phi) is 5.18. The second kappa shape index (κ2) is 7.76. The first kappa shape index (κ1) is 18.7. The number of cyclic esters (lactones) is 1. The van der Waals surface area contributed by atoms with E-state index in [9.17, 15) is 4.79 Å². The number of carbonyl (C=O) groups is 1. The normalized spacial score (nSPS) is 26.3. The summed E-state index contributed by atoms with van der Waals surface area (Å²) in [5.74, 6) is 0.235. The van der Waals surface area contributed by atoms with Crippen molar-refractivity contribution in [2.75, 3.05) is 6.61 Å². The van der Waals surface area contributed by atoms with Gasteiger partial charge in [-0.25, -0.2) is 9.79 Å². The van der Waals surface area contributed by atoms with Crippen LogP contribution in [0.4, 0.5) is 0 Å². The molecule has 5 heteroatoms. The summed E-state index contributed by atoms with van der Waals surface area (Å²) in [6.45, 7) is 4.30. The van der Waals surface area contributed by atoms with E-state index >= 15 is 0 Å². The van der Waals surface area contributed by atoms with Gasteiger partial charge in [0.1, 0.15) is 0 Å². The van der Waals surface area contributed by atoms with E-state index in [0.29, 0.717) is 18.9 Å². The summed E-state index contributed by atoms with van der Waals surface area (Å²) in [4.78, 5) is 17.0. The van der Waals surface area contributed by atoms with Gasteiger partial charge < -0.3 is 14.2 Å². The lowest BCUT2D eigenvalue weighted by molar-refractivity contribution is -0.175. The van der Waals surface area contributed by atoms with Gasteiger partial charge in [-0.15, -0.1) is 0 Å². The summed E-state index contributed by atoms with van der Waals surface area (Å²) in [5.41, 5.74) is 1.74. The quantitative estimate of drug-likeness (QED) is 0.743. The minimum Gasteiger partial charge on any atom is -0.463 e. The van der Waals surface area contributed by atoms with Crippen molar-refractivity contribution in [2.45, 2.75) is 45.1 Å². The van der Waals surface area contributed by atoms with E-state index in [4.69, 9.17) is 19.2 Å². The van der Waals surface area contributed by atoms with Crippen LogP contribution in [0.25, 0.3) is 0 Å². The molecule has 1 fully saturated rings. The zero-order chi connectivity index (χ0) is 19.6. The number of rotatable bonds is 5. The Hall–Kier alpha value is -2.66. The van der Waals surface area contributed by atoms with Crippen LogP contribution in [0.2, 0.25) is 0 Å². The summed E-state index contributed by atoms with van der Waals surface area (Å²) in [6.07, 6.45) is 0.200. The number of hydrogen-bond acceptors (Lipinski definition) is 5. The van der Waals surface area contributed by atoms with E-state index in [2.05, 4.69) is 12.1 Å². The molecule has 0 spiro atoms. The lowest BCUT2D eigenvalue weighted by Crippen LogP contribution is -2.41. The predicted octanol–water partition coefficient (Wildman–Crippen LogP) is 3.76. The van der Waals surface area contributed by atoms with Gasteiger partial charge in [0, 0.05) is 17.4 Å². The van der Waals surface area contributed by atoms with Gasteiger partial charge in [-0.05, 0) is 24.1 Å². The Balaban J connectivity index is 1.56. The van der Waals surface area contributed by atoms with E-state index in [0.717, 1.165) is 12.0 Å². The molecule has 2 aromatic rings. The van der Waals surface area contributed by atoms with Crippen molar-refractivity contribution in [3.8, 4) is 0 Å². The third kappa shape index (κ3) is 4.09. The number of aliphatic imine (C=N–C) groups is 1. The van der Waals surface area contributed by atoms with Crippen LogP contribution in [-0.2, 0) is 25.4 Å². The van der Waals surface area contributed by atoms with Crippen molar-refractivity contribution in [1.82, 2.24) is 0 Å². The molecule has 0 aliphatic carbocycles. The maximum atomic E-state index is 12.2. The fourth-order valence-electron chi connectivity index (χ4n) is 3.58. The maximum Gasteiger partial charge on any atom is 0.336 e. The van der Waals surface area contributed by atoms with Gasteiger partial charge in [0.15, 0.2) is 6.10 Å². The summed E-state index contributed by atoms with van der Waals surface area (Å²) in [6, 6.07) is 20.1. The monoisotopic (exact) mass is 379 g/mol. The average molecular weight is 379 g/mol. The third-order valence-corrected chi connectivity index (χ3v) is 5.14. The Labute approximate surface area is 165 Å².